The van der Waals surface area contributed by atoms with E-state index < -0.39 is 0 Å². The minimum Gasteiger partial charge on any atom is -0.328 e. The van der Waals surface area contributed by atoms with Gasteiger partial charge in [0, 0.05) is 54.4 Å². The highest BCUT2D eigenvalue weighted by molar-refractivity contribution is 6.04. The highest BCUT2D eigenvalue weighted by Gasteiger charge is 2.35. The number of H-pyrrole nitrogens is 1. The van der Waals surface area contributed by atoms with E-state index in [0.717, 1.165) is 66.1 Å². The van der Waals surface area contributed by atoms with Crippen molar-refractivity contribution in [2.24, 2.45) is 0 Å². The van der Waals surface area contributed by atoms with Gasteiger partial charge in [0.15, 0.2) is 0 Å². The van der Waals surface area contributed by atoms with E-state index in [9.17, 15) is 14.4 Å². The van der Waals surface area contributed by atoms with Gasteiger partial charge in [0.2, 0.25) is 11.8 Å². The zero-order chi connectivity index (χ0) is 30.9. The molecule has 0 bridgehead atoms. The van der Waals surface area contributed by atoms with Gasteiger partial charge in [0.25, 0.3) is 5.56 Å². The van der Waals surface area contributed by atoms with Crippen molar-refractivity contribution in [3.63, 3.8) is 0 Å². The number of carbonyl (C=O) groups excluding carboxylic acids is 2. The summed E-state index contributed by atoms with van der Waals surface area (Å²) in [6, 6.07) is 28.1. The van der Waals surface area contributed by atoms with Gasteiger partial charge in [-0.3, -0.25) is 19.3 Å². The number of aromatic amines is 1. The van der Waals surface area contributed by atoms with Gasteiger partial charge in [0.1, 0.15) is 0 Å². The topological polar surface area (TPSA) is 98.4 Å². The molecule has 0 saturated carbocycles. The van der Waals surface area contributed by atoms with Crippen LogP contribution in [0.3, 0.4) is 0 Å². The smallest absolute Gasteiger partial charge is 0.257 e. The first-order valence-electron chi connectivity index (χ1n) is 15.2. The molecule has 0 unspecified atom stereocenters. The SMILES string of the molecule is C=CC(=O)Nc1ccc2c(c1)N(C1CCN(Cc3ccc(-c4nc5cc[nH]c(=O)c5cc4-c4ccccc4)cc3)CC1)C(=O)C2. The molecule has 1 fully saturated rings. The lowest BCUT2D eigenvalue weighted by molar-refractivity contribution is -0.118. The summed E-state index contributed by atoms with van der Waals surface area (Å²) >= 11 is 0. The zero-order valence-electron chi connectivity index (χ0n) is 24.8. The molecule has 2 N–H and O–H groups in total. The third kappa shape index (κ3) is 5.68. The van der Waals surface area contributed by atoms with Crippen LogP contribution >= 0.6 is 0 Å². The monoisotopic (exact) mass is 595 g/mol. The summed E-state index contributed by atoms with van der Waals surface area (Å²) in [7, 11) is 0. The molecule has 1 saturated heterocycles. The lowest BCUT2D eigenvalue weighted by Crippen LogP contribution is -2.46. The van der Waals surface area contributed by atoms with Gasteiger partial charge >= 0.3 is 0 Å². The third-order valence-corrected chi connectivity index (χ3v) is 8.80. The average molecular weight is 596 g/mol. The minimum absolute atomic E-state index is 0.119. The maximum absolute atomic E-state index is 13.0. The largest absolute Gasteiger partial charge is 0.328 e. The third-order valence-electron chi connectivity index (χ3n) is 8.80. The molecule has 2 amide bonds. The fourth-order valence-corrected chi connectivity index (χ4v) is 6.52. The van der Waals surface area contributed by atoms with E-state index in [-0.39, 0.29) is 23.4 Å². The van der Waals surface area contributed by atoms with Crippen molar-refractivity contribution in [1.29, 1.82) is 0 Å². The molecule has 8 nitrogen and oxygen atoms in total. The Morgan fingerprint density at radius 1 is 0.956 bits per heavy atom. The molecule has 0 atom stereocenters. The van der Waals surface area contributed by atoms with Crippen LogP contribution < -0.4 is 15.8 Å². The number of aromatic nitrogens is 2. The lowest BCUT2D eigenvalue weighted by Gasteiger charge is -2.37. The summed E-state index contributed by atoms with van der Waals surface area (Å²) in [5, 5.41) is 3.38. The summed E-state index contributed by atoms with van der Waals surface area (Å²) < 4.78 is 0. The molecule has 0 aliphatic carbocycles. The van der Waals surface area contributed by atoms with E-state index in [1.807, 2.05) is 65.6 Å². The van der Waals surface area contributed by atoms with Crippen molar-refractivity contribution >= 4 is 34.1 Å². The van der Waals surface area contributed by atoms with Gasteiger partial charge in [-0.15, -0.1) is 0 Å². The summed E-state index contributed by atoms with van der Waals surface area (Å²) in [5.41, 5.74) is 8.06. The maximum Gasteiger partial charge on any atom is 0.257 e. The Kier molecular flexibility index (Phi) is 7.57. The van der Waals surface area contributed by atoms with Gasteiger partial charge in [-0.05, 0) is 59.9 Å². The van der Waals surface area contributed by atoms with E-state index in [4.69, 9.17) is 4.98 Å². The van der Waals surface area contributed by atoms with E-state index in [2.05, 4.69) is 46.0 Å². The average Bonchev–Trinajstić information content (AvgIpc) is 3.40. The van der Waals surface area contributed by atoms with Crippen molar-refractivity contribution in [3.05, 3.63) is 125 Å². The first-order chi connectivity index (χ1) is 22.0. The molecule has 0 radical (unpaired) electrons. The van der Waals surface area contributed by atoms with Crippen molar-refractivity contribution < 1.29 is 9.59 Å². The molecule has 8 heteroatoms. The van der Waals surface area contributed by atoms with E-state index in [1.54, 1.807) is 6.20 Å². The van der Waals surface area contributed by atoms with Crippen molar-refractivity contribution in [1.82, 2.24) is 14.9 Å². The van der Waals surface area contributed by atoms with Crippen LogP contribution in [0, 0.1) is 0 Å². The number of pyridine rings is 2. The Morgan fingerprint density at radius 3 is 2.49 bits per heavy atom. The Morgan fingerprint density at radius 2 is 1.73 bits per heavy atom. The van der Waals surface area contributed by atoms with Crippen LogP contribution in [0.25, 0.3) is 33.3 Å². The normalized spacial score (nSPS) is 15.3. The van der Waals surface area contributed by atoms with E-state index >= 15 is 0 Å². The molecule has 2 aromatic heterocycles. The first-order valence-corrected chi connectivity index (χ1v) is 15.2. The molecule has 3 aromatic carbocycles. The van der Waals surface area contributed by atoms with Gasteiger partial charge in [-0.25, -0.2) is 4.98 Å². The number of hydrogen-bond donors (Lipinski definition) is 2. The van der Waals surface area contributed by atoms with E-state index in [1.165, 1.54) is 11.6 Å². The standard InChI is InChI=1S/C37H33N5O3/c1-2-34(43)39-28-13-12-27-20-35(44)42(33(27)21-28)29-15-18-41(19-16-29)23-24-8-10-26(11-9-24)36-30(25-6-4-3-5-7-25)22-31-32(40-36)14-17-38-37(31)45/h2-14,17,21-22,29H,1,15-16,18-20,23H2,(H,38,45)(H,39,43). The zero-order valence-corrected chi connectivity index (χ0v) is 24.8. The van der Waals surface area contributed by atoms with Gasteiger partial charge < -0.3 is 15.2 Å². The predicted octanol–water partition coefficient (Wildman–Crippen LogP) is 5.94. The first kappa shape index (κ1) is 28.4. The van der Waals surface area contributed by atoms with Gasteiger partial charge in [0.05, 0.1) is 23.0 Å². The molecule has 7 rings (SSSR count). The number of hydrogen-bond acceptors (Lipinski definition) is 5. The second-order valence-electron chi connectivity index (χ2n) is 11.7. The number of carbonyl (C=O) groups is 2. The maximum atomic E-state index is 13.0. The Labute approximate surface area is 261 Å². The summed E-state index contributed by atoms with van der Waals surface area (Å²) in [5.74, 6) is -0.151. The molecule has 2 aliphatic heterocycles. The highest BCUT2D eigenvalue weighted by atomic mass is 16.2. The molecule has 224 valence electrons. The lowest BCUT2D eigenvalue weighted by atomic mass is 9.97. The van der Waals surface area contributed by atoms with Gasteiger partial charge in [-0.2, -0.15) is 0 Å². The molecular weight excluding hydrogens is 562 g/mol. The number of piperidine rings is 1. The van der Waals surface area contributed by atoms with Crippen molar-refractivity contribution in [2.75, 3.05) is 23.3 Å². The summed E-state index contributed by atoms with van der Waals surface area (Å²) in [6.45, 7) is 6.11. The minimum atomic E-state index is -0.270. The molecule has 5 aromatic rings. The van der Waals surface area contributed by atoms with Crippen LogP contribution in [0.15, 0.2) is 109 Å². The number of rotatable bonds is 7. The molecule has 2 aliphatic rings. The quantitative estimate of drug-likeness (QED) is 0.227. The van der Waals surface area contributed by atoms with Crippen LogP contribution in [0.1, 0.15) is 24.0 Å². The van der Waals surface area contributed by atoms with Crippen LogP contribution in [-0.2, 0) is 22.6 Å². The second-order valence-corrected chi connectivity index (χ2v) is 11.7. The highest BCUT2D eigenvalue weighted by Crippen LogP contribution is 2.36. The molecule has 45 heavy (non-hydrogen) atoms. The number of fused-ring (bicyclic) bond motifs is 2. The number of nitrogens with zero attached hydrogens (tertiary/aromatic N) is 3. The van der Waals surface area contributed by atoms with Crippen LogP contribution in [0.2, 0.25) is 0 Å². The van der Waals surface area contributed by atoms with E-state index in [0.29, 0.717) is 23.0 Å². The fourth-order valence-electron chi connectivity index (χ4n) is 6.52. The number of nitrogens with one attached hydrogen (secondary N) is 2. The summed E-state index contributed by atoms with van der Waals surface area (Å²) in [4.78, 5) is 49.4. The Bertz CT molecular complexity index is 1980. The van der Waals surface area contributed by atoms with Gasteiger partial charge in [-0.1, -0.05) is 67.2 Å². The number of likely N-dealkylation sites (tertiary alicyclic amines) is 1. The Hall–Kier alpha value is -5.34. The number of amides is 2. The predicted molar refractivity (Wildman–Crippen MR) is 178 cm³/mol. The fraction of sp³-hybridized carbons (Fsp3) is 0.189. The van der Waals surface area contributed by atoms with Crippen LogP contribution in [0.5, 0.6) is 0 Å². The summed E-state index contributed by atoms with van der Waals surface area (Å²) in [6.07, 6.45) is 5.03. The Balaban J connectivity index is 1.06. The molecule has 0 spiro atoms. The molecular formula is C37H33N5O3. The molecule has 4 heterocycles. The number of benzene rings is 3. The van der Waals surface area contributed by atoms with Crippen molar-refractivity contribution in [3.8, 4) is 22.4 Å². The second kappa shape index (κ2) is 12.0. The van der Waals surface area contributed by atoms with Crippen LogP contribution in [-0.4, -0.2) is 45.8 Å². The van der Waals surface area contributed by atoms with Crippen LogP contribution in [0.4, 0.5) is 11.4 Å². The number of anilines is 2. The van der Waals surface area contributed by atoms with Crippen molar-refractivity contribution in [2.45, 2.75) is 31.8 Å².